The first-order valence-electron chi connectivity index (χ1n) is 9.57. The fourth-order valence-electron chi connectivity index (χ4n) is 3.99. The lowest BCUT2D eigenvalue weighted by molar-refractivity contribution is 0.201. The van der Waals surface area contributed by atoms with E-state index in [2.05, 4.69) is 34.9 Å². The summed E-state index contributed by atoms with van der Waals surface area (Å²) in [6.07, 6.45) is 7.97. The van der Waals surface area contributed by atoms with Gasteiger partial charge in [0.15, 0.2) is 0 Å². The minimum absolute atomic E-state index is 0. The largest absolute Gasteiger partial charge is 0.312 e. The van der Waals surface area contributed by atoms with Gasteiger partial charge in [-0.05, 0) is 38.1 Å². The molecular formula is C19H24ClN7S. The van der Waals surface area contributed by atoms with Crippen molar-refractivity contribution in [2.45, 2.75) is 38.4 Å². The number of hydrogen-bond acceptors (Lipinski definition) is 7. The van der Waals surface area contributed by atoms with Crippen LogP contribution in [-0.4, -0.2) is 49.3 Å². The van der Waals surface area contributed by atoms with Gasteiger partial charge in [-0.1, -0.05) is 0 Å². The molecule has 0 aromatic carbocycles. The Morgan fingerprint density at radius 1 is 1.11 bits per heavy atom. The molecule has 0 radical (unpaired) electrons. The van der Waals surface area contributed by atoms with Crippen LogP contribution in [0.25, 0.3) is 10.6 Å². The molecule has 7 nitrogen and oxygen atoms in total. The van der Waals surface area contributed by atoms with E-state index >= 15 is 0 Å². The number of fused-ring (bicyclic) bond motifs is 1. The van der Waals surface area contributed by atoms with E-state index in [0.717, 1.165) is 68.5 Å². The van der Waals surface area contributed by atoms with Gasteiger partial charge >= 0.3 is 0 Å². The van der Waals surface area contributed by atoms with Gasteiger partial charge in [-0.2, -0.15) is 0 Å². The smallest absolute Gasteiger partial charge is 0.147 e. The summed E-state index contributed by atoms with van der Waals surface area (Å²) in [5.74, 6) is 2.82. The van der Waals surface area contributed by atoms with Crippen molar-refractivity contribution in [3.05, 3.63) is 47.2 Å². The zero-order valence-corrected chi connectivity index (χ0v) is 17.3. The number of hydrogen-bond donors (Lipinski definition) is 1. The fraction of sp³-hybridized carbons (Fsp3) is 0.474. The van der Waals surface area contributed by atoms with Crippen molar-refractivity contribution in [3.8, 4) is 10.6 Å². The van der Waals surface area contributed by atoms with E-state index in [1.807, 2.05) is 30.7 Å². The lowest BCUT2D eigenvalue weighted by atomic mass is 9.95. The first-order chi connectivity index (χ1) is 13.4. The molecule has 2 aliphatic heterocycles. The maximum absolute atomic E-state index is 4.59. The van der Waals surface area contributed by atoms with Gasteiger partial charge in [-0.25, -0.2) is 4.98 Å². The van der Waals surface area contributed by atoms with Crippen LogP contribution in [-0.2, 0) is 19.6 Å². The third-order valence-electron chi connectivity index (χ3n) is 5.46. The van der Waals surface area contributed by atoms with Gasteiger partial charge in [-0.15, -0.1) is 33.9 Å². The monoisotopic (exact) mass is 417 g/mol. The number of pyridine rings is 1. The molecule has 0 unspecified atom stereocenters. The molecule has 3 aromatic heterocycles. The van der Waals surface area contributed by atoms with Crippen LogP contribution in [0, 0.1) is 0 Å². The van der Waals surface area contributed by atoms with Crippen LogP contribution in [0.2, 0.25) is 0 Å². The van der Waals surface area contributed by atoms with Crippen molar-refractivity contribution in [1.29, 1.82) is 0 Å². The average molecular weight is 418 g/mol. The van der Waals surface area contributed by atoms with Crippen LogP contribution in [0.3, 0.4) is 0 Å². The second-order valence-corrected chi connectivity index (χ2v) is 8.34. The summed E-state index contributed by atoms with van der Waals surface area (Å²) < 4.78 is 2.33. The van der Waals surface area contributed by atoms with Crippen molar-refractivity contribution in [2.24, 2.45) is 0 Å². The quantitative estimate of drug-likeness (QED) is 0.703. The Morgan fingerprint density at radius 2 is 1.93 bits per heavy atom. The molecule has 1 fully saturated rings. The molecule has 0 atom stereocenters. The topological polar surface area (TPSA) is 71.8 Å². The SMILES string of the molecule is Cl.c1cc(-c2ncc(CN3CCC(c4nnc5n4CCNC5)CC3)s2)ccn1. The summed E-state index contributed by atoms with van der Waals surface area (Å²) in [5, 5.41) is 13.3. The van der Waals surface area contributed by atoms with Crippen LogP contribution in [0.4, 0.5) is 0 Å². The van der Waals surface area contributed by atoms with E-state index in [0.29, 0.717) is 5.92 Å². The van der Waals surface area contributed by atoms with Crippen LogP contribution >= 0.6 is 23.7 Å². The predicted octanol–water partition coefficient (Wildman–Crippen LogP) is 2.70. The van der Waals surface area contributed by atoms with E-state index < -0.39 is 0 Å². The molecule has 2 aliphatic rings. The van der Waals surface area contributed by atoms with Crippen molar-refractivity contribution >= 4 is 23.7 Å². The molecule has 1 N–H and O–H groups in total. The van der Waals surface area contributed by atoms with E-state index in [9.17, 15) is 0 Å². The van der Waals surface area contributed by atoms with Gasteiger partial charge in [-0.3, -0.25) is 9.88 Å². The van der Waals surface area contributed by atoms with Gasteiger partial charge in [0.25, 0.3) is 0 Å². The number of likely N-dealkylation sites (tertiary alicyclic amines) is 1. The third kappa shape index (κ3) is 3.96. The molecule has 5 rings (SSSR count). The maximum Gasteiger partial charge on any atom is 0.147 e. The molecule has 0 saturated carbocycles. The zero-order valence-electron chi connectivity index (χ0n) is 15.6. The minimum atomic E-state index is 0. The zero-order chi connectivity index (χ0) is 18.1. The lowest BCUT2D eigenvalue weighted by Gasteiger charge is -2.31. The number of aromatic nitrogens is 5. The molecule has 9 heteroatoms. The van der Waals surface area contributed by atoms with Crippen LogP contribution < -0.4 is 5.32 Å². The van der Waals surface area contributed by atoms with Crippen LogP contribution in [0.1, 0.15) is 35.3 Å². The minimum Gasteiger partial charge on any atom is -0.312 e. The number of nitrogens with one attached hydrogen (secondary N) is 1. The van der Waals surface area contributed by atoms with Crippen molar-refractivity contribution in [3.63, 3.8) is 0 Å². The number of piperidine rings is 1. The molecule has 1 saturated heterocycles. The maximum atomic E-state index is 4.59. The summed E-state index contributed by atoms with van der Waals surface area (Å²) in [6, 6.07) is 4.03. The van der Waals surface area contributed by atoms with Gasteiger partial charge < -0.3 is 9.88 Å². The van der Waals surface area contributed by atoms with Gasteiger partial charge in [0, 0.05) is 54.6 Å². The predicted molar refractivity (Wildman–Crippen MR) is 112 cm³/mol. The Balaban J connectivity index is 0.00000192. The van der Waals surface area contributed by atoms with Gasteiger partial charge in [0.2, 0.25) is 0 Å². The first kappa shape index (κ1) is 19.4. The van der Waals surface area contributed by atoms with Gasteiger partial charge in [0.05, 0.1) is 6.54 Å². The second-order valence-electron chi connectivity index (χ2n) is 7.22. The van der Waals surface area contributed by atoms with Crippen LogP contribution in [0.15, 0.2) is 30.7 Å². The molecule has 3 aromatic rings. The van der Waals surface area contributed by atoms with E-state index in [-0.39, 0.29) is 12.4 Å². The molecule has 28 heavy (non-hydrogen) atoms. The Labute approximate surface area is 174 Å². The number of halogens is 1. The molecule has 148 valence electrons. The number of rotatable bonds is 4. The van der Waals surface area contributed by atoms with Crippen molar-refractivity contribution < 1.29 is 0 Å². The van der Waals surface area contributed by atoms with Crippen molar-refractivity contribution in [1.82, 2.24) is 34.9 Å². The van der Waals surface area contributed by atoms with E-state index in [1.165, 1.54) is 10.7 Å². The molecule has 0 aliphatic carbocycles. The lowest BCUT2D eigenvalue weighted by Crippen LogP contribution is -2.34. The first-order valence-corrected chi connectivity index (χ1v) is 10.4. The summed E-state index contributed by atoms with van der Waals surface area (Å²) in [6.45, 7) is 6.05. The highest BCUT2D eigenvalue weighted by Crippen LogP contribution is 2.30. The second kappa shape index (κ2) is 8.65. The summed E-state index contributed by atoms with van der Waals surface area (Å²) in [7, 11) is 0. The molecular weight excluding hydrogens is 394 g/mol. The standard InChI is InChI=1S/C19H23N7S.ClH/c1-5-20-6-2-15(1)19-22-11-16(27-19)13-25-8-3-14(4-9-25)18-24-23-17-12-21-7-10-26(17)18;/h1-2,5-6,11,14,21H,3-4,7-10,12-13H2;1H. The number of thiazole rings is 1. The summed E-state index contributed by atoms with van der Waals surface area (Å²) in [5.41, 5.74) is 1.14. The Bertz CT molecular complexity index is 902. The van der Waals surface area contributed by atoms with Crippen molar-refractivity contribution in [2.75, 3.05) is 19.6 Å². The molecule has 5 heterocycles. The highest BCUT2D eigenvalue weighted by molar-refractivity contribution is 7.15. The molecule has 0 amide bonds. The highest BCUT2D eigenvalue weighted by Gasteiger charge is 2.27. The molecule has 0 spiro atoms. The summed E-state index contributed by atoms with van der Waals surface area (Å²) >= 11 is 1.78. The number of nitrogens with zero attached hydrogens (tertiary/aromatic N) is 6. The fourth-order valence-corrected chi connectivity index (χ4v) is 4.96. The highest BCUT2D eigenvalue weighted by atomic mass is 35.5. The Morgan fingerprint density at radius 3 is 2.75 bits per heavy atom. The van der Waals surface area contributed by atoms with E-state index in [1.54, 1.807) is 11.3 Å². The Kier molecular flexibility index (Phi) is 6.01. The normalized spacial score (nSPS) is 17.9. The average Bonchev–Trinajstić information content (AvgIpc) is 3.37. The van der Waals surface area contributed by atoms with Crippen LogP contribution in [0.5, 0.6) is 0 Å². The summed E-state index contributed by atoms with van der Waals surface area (Å²) in [4.78, 5) is 12.5. The van der Waals surface area contributed by atoms with E-state index in [4.69, 9.17) is 0 Å². The Hall–Kier alpha value is -1.87. The third-order valence-corrected chi connectivity index (χ3v) is 6.50. The van der Waals surface area contributed by atoms with Gasteiger partial charge in [0.1, 0.15) is 16.7 Å². The molecule has 0 bridgehead atoms.